The molecule has 0 aromatic heterocycles. The molecule has 154 valence electrons. The van der Waals surface area contributed by atoms with Gasteiger partial charge in [-0.15, -0.1) is 24.0 Å². The van der Waals surface area contributed by atoms with Crippen molar-refractivity contribution in [2.75, 3.05) is 40.3 Å². The maximum atomic E-state index is 4.82. The van der Waals surface area contributed by atoms with Crippen LogP contribution in [0.3, 0.4) is 0 Å². The van der Waals surface area contributed by atoms with Crippen LogP contribution in [0, 0.1) is 0 Å². The molecular weight excluding hydrogens is 449 g/mol. The molecule has 1 heterocycles. The summed E-state index contributed by atoms with van der Waals surface area (Å²) in [5.74, 6) is 0.944. The first-order valence-electron chi connectivity index (χ1n) is 10.1. The van der Waals surface area contributed by atoms with Crippen LogP contribution in [-0.2, 0) is 13.1 Å². The lowest BCUT2D eigenvalue weighted by Crippen LogP contribution is -2.48. The van der Waals surface area contributed by atoms with Gasteiger partial charge in [0.2, 0.25) is 0 Å². The molecule has 0 saturated carbocycles. The summed E-state index contributed by atoms with van der Waals surface area (Å²) < 4.78 is 0. The summed E-state index contributed by atoms with van der Waals surface area (Å²) in [5, 5.41) is 7.04. The molecule has 5 nitrogen and oxygen atoms in total. The van der Waals surface area contributed by atoms with Gasteiger partial charge in [-0.2, -0.15) is 0 Å². The van der Waals surface area contributed by atoms with Crippen molar-refractivity contribution >= 4 is 29.9 Å². The van der Waals surface area contributed by atoms with Crippen molar-refractivity contribution in [2.45, 2.75) is 52.2 Å². The minimum atomic E-state index is 0. The Kier molecular flexibility index (Phi) is 11.9. The van der Waals surface area contributed by atoms with E-state index in [4.69, 9.17) is 4.99 Å². The molecule has 0 spiro atoms. The maximum Gasteiger partial charge on any atom is 0.191 e. The Morgan fingerprint density at radius 1 is 1.19 bits per heavy atom. The van der Waals surface area contributed by atoms with Crippen LogP contribution in [0.1, 0.15) is 44.2 Å². The highest BCUT2D eigenvalue weighted by molar-refractivity contribution is 14.0. The Hall–Kier alpha value is -0.860. The fourth-order valence-electron chi connectivity index (χ4n) is 3.49. The molecule has 0 amide bonds. The third-order valence-corrected chi connectivity index (χ3v) is 4.72. The lowest BCUT2D eigenvalue weighted by atomic mass is 10.1. The second-order valence-electron chi connectivity index (χ2n) is 7.51. The minimum absolute atomic E-state index is 0. The first-order valence-corrected chi connectivity index (χ1v) is 10.1. The largest absolute Gasteiger partial charge is 0.357 e. The van der Waals surface area contributed by atoms with Crippen molar-refractivity contribution in [2.24, 2.45) is 4.99 Å². The van der Waals surface area contributed by atoms with Crippen LogP contribution in [-0.4, -0.2) is 62.1 Å². The Bertz CT molecular complexity index is 553. The number of piperidine rings is 1. The van der Waals surface area contributed by atoms with Gasteiger partial charge < -0.3 is 20.4 Å². The molecule has 1 aromatic rings. The smallest absolute Gasteiger partial charge is 0.191 e. The second-order valence-corrected chi connectivity index (χ2v) is 7.51. The van der Waals surface area contributed by atoms with E-state index < -0.39 is 0 Å². The number of hydrogen-bond donors (Lipinski definition) is 2. The van der Waals surface area contributed by atoms with Gasteiger partial charge in [0.1, 0.15) is 0 Å². The van der Waals surface area contributed by atoms with Crippen LogP contribution in [0.5, 0.6) is 0 Å². The molecule has 6 heteroatoms. The normalized spacial score (nSPS) is 16.3. The van der Waals surface area contributed by atoms with Gasteiger partial charge in [0.05, 0.1) is 6.54 Å². The van der Waals surface area contributed by atoms with E-state index in [-0.39, 0.29) is 24.0 Å². The van der Waals surface area contributed by atoms with Crippen molar-refractivity contribution in [3.8, 4) is 0 Å². The molecule has 0 bridgehead atoms. The zero-order chi connectivity index (χ0) is 18.8. The fourth-order valence-corrected chi connectivity index (χ4v) is 3.49. The Morgan fingerprint density at radius 2 is 1.89 bits per heavy atom. The highest BCUT2D eigenvalue weighted by Crippen LogP contribution is 2.11. The summed E-state index contributed by atoms with van der Waals surface area (Å²) in [6.07, 6.45) is 3.64. The predicted molar refractivity (Wildman–Crippen MR) is 127 cm³/mol. The number of benzene rings is 1. The Balaban J connectivity index is 0.00000364. The maximum absolute atomic E-state index is 4.82. The molecule has 27 heavy (non-hydrogen) atoms. The van der Waals surface area contributed by atoms with E-state index in [0.717, 1.165) is 19.0 Å². The van der Waals surface area contributed by atoms with Crippen LogP contribution in [0.2, 0.25) is 0 Å². The number of guanidine groups is 1. The van der Waals surface area contributed by atoms with Crippen LogP contribution in [0.4, 0.5) is 0 Å². The predicted octanol–water partition coefficient (Wildman–Crippen LogP) is 3.30. The first kappa shape index (κ1) is 24.2. The van der Waals surface area contributed by atoms with E-state index in [2.05, 4.69) is 72.6 Å². The SMILES string of the molecule is CCCN1CCC(NC(=NCc2cccc(CN(C)C)c2)NCC)CC1.I. The van der Waals surface area contributed by atoms with E-state index in [1.54, 1.807) is 0 Å². The van der Waals surface area contributed by atoms with Gasteiger partial charge in [-0.1, -0.05) is 31.2 Å². The van der Waals surface area contributed by atoms with Gasteiger partial charge >= 0.3 is 0 Å². The molecular formula is C21H38IN5. The van der Waals surface area contributed by atoms with Crippen LogP contribution in [0.15, 0.2) is 29.3 Å². The zero-order valence-corrected chi connectivity index (χ0v) is 19.8. The van der Waals surface area contributed by atoms with Gasteiger partial charge in [-0.25, -0.2) is 4.99 Å². The average molecular weight is 487 g/mol. The van der Waals surface area contributed by atoms with Crippen molar-refractivity contribution in [3.63, 3.8) is 0 Å². The molecule has 0 atom stereocenters. The molecule has 2 N–H and O–H groups in total. The van der Waals surface area contributed by atoms with E-state index >= 15 is 0 Å². The van der Waals surface area contributed by atoms with Gasteiger partial charge in [0, 0.05) is 32.2 Å². The van der Waals surface area contributed by atoms with Crippen molar-refractivity contribution in [1.29, 1.82) is 0 Å². The van der Waals surface area contributed by atoms with E-state index in [9.17, 15) is 0 Å². The summed E-state index contributed by atoms with van der Waals surface area (Å²) in [4.78, 5) is 9.58. The van der Waals surface area contributed by atoms with E-state index in [0.29, 0.717) is 12.6 Å². The van der Waals surface area contributed by atoms with Crippen LogP contribution in [0.25, 0.3) is 0 Å². The Labute approximate surface area is 183 Å². The van der Waals surface area contributed by atoms with Gasteiger partial charge in [-0.3, -0.25) is 0 Å². The number of hydrogen-bond acceptors (Lipinski definition) is 3. The molecule has 0 unspecified atom stereocenters. The lowest BCUT2D eigenvalue weighted by Gasteiger charge is -2.32. The lowest BCUT2D eigenvalue weighted by molar-refractivity contribution is 0.206. The molecule has 1 aliphatic heterocycles. The number of halogens is 1. The number of nitrogens with zero attached hydrogens (tertiary/aromatic N) is 3. The monoisotopic (exact) mass is 487 g/mol. The summed E-state index contributed by atoms with van der Waals surface area (Å²) in [7, 11) is 4.20. The standard InChI is InChI=1S/C21H37N5.HI/c1-5-12-26-13-10-20(11-14-26)24-21(22-6-2)23-16-18-8-7-9-19(15-18)17-25(3)4;/h7-9,15,20H,5-6,10-14,16-17H2,1-4H3,(H2,22,23,24);1H. The molecule has 1 saturated heterocycles. The topological polar surface area (TPSA) is 42.9 Å². The highest BCUT2D eigenvalue weighted by Gasteiger charge is 2.19. The van der Waals surface area contributed by atoms with Gasteiger partial charge in [0.15, 0.2) is 5.96 Å². The third kappa shape index (κ3) is 9.25. The summed E-state index contributed by atoms with van der Waals surface area (Å²) in [6.45, 7) is 10.6. The van der Waals surface area contributed by atoms with Crippen molar-refractivity contribution in [3.05, 3.63) is 35.4 Å². The molecule has 1 fully saturated rings. The van der Waals surface area contributed by atoms with Crippen LogP contribution >= 0.6 is 24.0 Å². The third-order valence-electron chi connectivity index (χ3n) is 4.72. The summed E-state index contributed by atoms with van der Waals surface area (Å²) >= 11 is 0. The molecule has 1 aromatic carbocycles. The number of rotatable bonds is 8. The van der Waals surface area contributed by atoms with Crippen molar-refractivity contribution in [1.82, 2.24) is 20.4 Å². The van der Waals surface area contributed by atoms with Crippen LogP contribution < -0.4 is 10.6 Å². The summed E-state index contributed by atoms with van der Waals surface area (Å²) in [5.41, 5.74) is 2.60. The van der Waals surface area contributed by atoms with Gasteiger partial charge in [-0.05, 0) is 58.0 Å². The number of likely N-dealkylation sites (tertiary alicyclic amines) is 1. The quantitative estimate of drug-likeness (QED) is 0.336. The molecule has 0 radical (unpaired) electrons. The fraction of sp³-hybridized carbons (Fsp3) is 0.667. The number of nitrogens with one attached hydrogen (secondary N) is 2. The first-order chi connectivity index (χ1) is 12.6. The molecule has 0 aliphatic carbocycles. The minimum Gasteiger partial charge on any atom is -0.357 e. The average Bonchev–Trinajstić information content (AvgIpc) is 2.61. The number of aliphatic imine (C=N–C) groups is 1. The molecule has 1 aliphatic rings. The summed E-state index contributed by atoms with van der Waals surface area (Å²) in [6, 6.07) is 9.26. The zero-order valence-electron chi connectivity index (χ0n) is 17.5. The second kappa shape index (κ2) is 13.3. The Morgan fingerprint density at radius 3 is 2.52 bits per heavy atom. The van der Waals surface area contributed by atoms with E-state index in [1.807, 2.05) is 0 Å². The van der Waals surface area contributed by atoms with Gasteiger partial charge in [0.25, 0.3) is 0 Å². The highest BCUT2D eigenvalue weighted by atomic mass is 127. The molecule has 2 rings (SSSR count). The van der Waals surface area contributed by atoms with E-state index in [1.165, 1.54) is 50.0 Å². The van der Waals surface area contributed by atoms with Crippen molar-refractivity contribution < 1.29 is 0 Å².